The van der Waals surface area contributed by atoms with E-state index in [4.69, 9.17) is 9.15 Å². The van der Waals surface area contributed by atoms with Crippen molar-refractivity contribution in [1.82, 2.24) is 10.6 Å². The Balaban J connectivity index is 1.38. The minimum Gasteiger partial charge on any atom is -0.459 e. The van der Waals surface area contributed by atoms with Gasteiger partial charge in [0, 0.05) is 19.5 Å². The molecule has 144 valence electrons. The molecule has 0 saturated heterocycles. The van der Waals surface area contributed by atoms with Crippen LogP contribution in [0.4, 0.5) is 4.39 Å². The third-order valence-electron chi connectivity index (χ3n) is 3.84. The van der Waals surface area contributed by atoms with Gasteiger partial charge in [0.05, 0.1) is 6.26 Å². The minimum atomic E-state index is -0.352. The van der Waals surface area contributed by atoms with Crippen LogP contribution >= 0.6 is 0 Å². The molecule has 3 rings (SSSR count). The second kappa shape index (κ2) is 9.36. The van der Waals surface area contributed by atoms with E-state index in [0.717, 1.165) is 5.56 Å². The maximum Gasteiger partial charge on any atom is 0.286 e. The van der Waals surface area contributed by atoms with Gasteiger partial charge in [-0.2, -0.15) is 0 Å². The number of nitrogens with one attached hydrogen (secondary N) is 2. The van der Waals surface area contributed by atoms with E-state index in [1.165, 1.54) is 18.4 Å². The molecule has 0 saturated carbocycles. The highest BCUT2D eigenvalue weighted by molar-refractivity contribution is 5.91. The van der Waals surface area contributed by atoms with Gasteiger partial charge in [0.15, 0.2) is 5.76 Å². The van der Waals surface area contributed by atoms with E-state index in [-0.39, 0.29) is 36.4 Å². The van der Waals surface area contributed by atoms with Crippen molar-refractivity contribution in [1.29, 1.82) is 0 Å². The minimum absolute atomic E-state index is 0.165. The molecular weight excluding hydrogens is 363 g/mol. The van der Waals surface area contributed by atoms with Gasteiger partial charge in [-0.1, -0.05) is 12.1 Å². The van der Waals surface area contributed by atoms with Crippen molar-refractivity contribution in [3.63, 3.8) is 0 Å². The maximum atomic E-state index is 12.9. The van der Waals surface area contributed by atoms with Gasteiger partial charge in [0.1, 0.15) is 17.3 Å². The van der Waals surface area contributed by atoms with Crippen LogP contribution < -0.4 is 15.4 Å². The van der Waals surface area contributed by atoms with Crippen LogP contribution in [-0.4, -0.2) is 18.4 Å². The normalized spacial score (nSPS) is 10.3. The Labute approximate surface area is 161 Å². The second-order valence-corrected chi connectivity index (χ2v) is 5.96. The molecule has 0 aliphatic heterocycles. The van der Waals surface area contributed by atoms with Crippen LogP contribution in [0, 0.1) is 5.82 Å². The molecule has 3 aromatic rings. The Morgan fingerprint density at radius 3 is 2.25 bits per heavy atom. The molecule has 1 aromatic heterocycles. The highest BCUT2D eigenvalue weighted by atomic mass is 19.1. The van der Waals surface area contributed by atoms with E-state index in [9.17, 15) is 14.0 Å². The van der Waals surface area contributed by atoms with Crippen LogP contribution in [0.1, 0.15) is 22.5 Å². The molecule has 0 bridgehead atoms. The second-order valence-electron chi connectivity index (χ2n) is 5.96. The highest BCUT2D eigenvalue weighted by Gasteiger charge is 2.08. The van der Waals surface area contributed by atoms with Crippen molar-refractivity contribution in [2.75, 3.05) is 6.54 Å². The smallest absolute Gasteiger partial charge is 0.286 e. The van der Waals surface area contributed by atoms with E-state index in [0.29, 0.717) is 18.0 Å². The Hall–Kier alpha value is -3.61. The van der Waals surface area contributed by atoms with Crippen LogP contribution in [-0.2, 0) is 11.3 Å². The molecule has 2 amide bonds. The van der Waals surface area contributed by atoms with E-state index < -0.39 is 0 Å². The van der Waals surface area contributed by atoms with E-state index in [1.807, 2.05) is 12.1 Å². The molecule has 7 heteroatoms. The molecule has 0 aliphatic rings. The average molecular weight is 382 g/mol. The quantitative estimate of drug-likeness (QED) is 0.623. The Bertz CT molecular complexity index is 907. The van der Waals surface area contributed by atoms with Gasteiger partial charge < -0.3 is 19.8 Å². The summed E-state index contributed by atoms with van der Waals surface area (Å²) >= 11 is 0. The Morgan fingerprint density at radius 2 is 1.61 bits per heavy atom. The SMILES string of the molecule is O=C(CCNC(=O)c1ccco1)NCc1ccc(Oc2ccc(F)cc2)cc1. The van der Waals surface area contributed by atoms with E-state index in [1.54, 1.807) is 36.4 Å². The van der Waals surface area contributed by atoms with Crippen LogP contribution in [0.2, 0.25) is 0 Å². The van der Waals surface area contributed by atoms with Crippen LogP contribution in [0.15, 0.2) is 71.3 Å². The zero-order valence-electron chi connectivity index (χ0n) is 15.0. The van der Waals surface area contributed by atoms with Crippen LogP contribution in [0.5, 0.6) is 11.5 Å². The molecule has 6 nitrogen and oxygen atoms in total. The van der Waals surface area contributed by atoms with Crippen molar-refractivity contribution < 1.29 is 23.1 Å². The number of carbonyl (C=O) groups is 2. The number of ether oxygens (including phenoxy) is 1. The number of carbonyl (C=O) groups excluding carboxylic acids is 2. The summed E-state index contributed by atoms with van der Waals surface area (Å²) in [6, 6.07) is 16.1. The molecule has 0 aliphatic carbocycles. The lowest BCUT2D eigenvalue weighted by Crippen LogP contribution is -2.30. The van der Waals surface area contributed by atoms with Crippen molar-refractivity contribution >= 4 is 11.8 Å². The molecule has 28 heavy (non-hydrogen) atoms. The maximum absolute atomic E-state index is 12.9. The fourth-order valence-corrected chi connectivity index (χ4v) is 2.39. The molecule has 1 heterocycles. The van der Waals surface area contributed by atoms with Gasteiger partial charge >= 0.3 is 0 Å². The molecule has 0 unspecified atom stereocenters. The van der Waals surface area contributed by atoms with Gasteiger partial charge in [-0.05, 0) is 54.1 Å². The number of amides is 2. The average Bonchev–Trinajstić information content (AvgIpc) is 3.24. The third kappa shape index (κ3) is 5.70. The first-order valence-electron chi connectivity index (χ1n) is 8.71. The number of rotatable bonds is 8. The molecule has 2 N–H and O–H groups in total. The zero-order valence-corrected chi connectivity index (χ0v) is 15.0. The molecule has 2 aromatic carbocycles. The molecule has 0 radical (unpaired) electrons. The number of halogens is 1. The number of hydrogen-bond donors (Lipinski definition) is 2. The first-order chi connectivity index (χ1) is 13.6. The van der Waals surface area contributed by atoms with Crippen molar-refractivity contribution in [3.8, 4) is 11.5 Å². The third-order valence-corrected chi connectivity index (χ3v) is 3.84. The van der Waals surface area contributed by atoms with Crippen LogP contribution in [0.3, 0.4) is 0 Å². The van der Waals surface area contributed by atoms with E-state index >= 15 is 0 Å². The predicted molar refractivity (Wildman–Crippen MR) is 100 cm³/mol. The summed E-state index contributed by atoms with van der Waals surface area (Å²) in [6.45, 7) is 0.581. The fraction of sp³-hybridized carbons (Fsp3) is 0.143. The standard InChI is InChI=1S/C21H19FN2O4/c22-16-5-9-18(10-6-16)28-17-7-3-15(4-8-17)14-24-20(25)11-12-23-21(26)19-2-1-13-27-19/h1-10,13H,11-12,14H2,(H,23,26)(H,24,25). The lowest BCUT2D eigenvalue weighted by molar-refractivity contribution is -0.121. The zero-order chi connectivity index (χ0) is 19.8. The van der Waals surface area contributed by atoms with Crippen molar-refractivity contribution in [3.05, 3.63) is 84.1 Å². The van der Waals surface area contributed by atoms with Gasteiger partial charge in [-0.3, -0.25) is 9.59 Å². The summed E-state index contributed by atoms with van der Waals surface area (Å²) in [5, 5.41) is 5.40. The summed E-state index contributed by atoms with van der Waals surface area (Å²) in [4.78, 5) is 23.6. The number of furan rings is 1. The molecular formula is C21H19FN2O4. The Kier molecular flexibility index (Phi) is 6.41. The fourth-order valence-electron chi connectivity index (χ4n) is 2.39. The van der Waals surface area contributed by atoms with Gasteiger partial charge in [0.25, 0.3) is 5.91 Å². The molecule has 0 fully saturated rings. The lowest BCUT2D eigenvalue weighted by atomic mass is 10.2. The summed E-state index contributed by atoms with van der Waals surface area (Å²) in [6.07, 6.45) is 1.58. The van der Waals surface area contributed by atoms with E-state index in [2.05, 4.69) is 10.6 Å². The van der Waals surface area contributed by atoms with Crippen molar-refractivity contribution in [2.24, 2.45) is 0 Å². The highest BCUT2D eigenvalue weighted by Crippen LogP contribution is 2.21. The number of benzene rings is 2. The largest absolute Gasteiger partial charge is 0.459 e. The predicted octanol–water partition coefficient (Wildman–Crippen LogP) is 3.65. The van der Waals surface area contributed by atoms with Crippen LogP contribution in [0.25, 0.3) is 0 Å². The summed E-state index contributed by atoms with van der Waals surface area (Å²) in [7, 11) is 0. The van der Waals surface area contributed by atoms with Gasteiger partial charge in [0.2, 0.25) is 5.91 Å². The molecule has 0 atom stereocenters. The van der Waals surface area contributed by atoms with Crippen molar-refractivity contribution in [2.45, 2.75) is 13.0 Å². The summed E-state index contributed by atoms with van der Waals surface area (Å²) < 4.78 is 23.5. The first-order valence-corrected chi connectivity index (χ1v) is 8.71. The summed E-state index contributed by atoms with van der Waals surface area (Å²) in [5.74, 6) is 0.518. The number of hydrogen-bond acceptors (Lipinski definition) is 4. The Morgan fingerprint density at radius 1 is 0.929 bits per heavy atom. The van der Waals surface area contributed by atoms with Gasteiger partial charge in [-0.15, -0.1) is 0 Å². The molecule has 0 spiro atoms. The topological polar surface area (TPSA) is 80.6 Å². The lowest BCUT2D eigenvalue weighted by Gasteiger charge is -2.08. The first kappa shape index (κ1) is 19.2. The summed E-state index contributed by atoms with van der Waals surface area (Å²) in [5.41, 5.74) is 0.902. The van der Waals surface area contributed by atoms with Gasteiger partial charge in [-0.25, -0.2) is 4.39 Å². The monoisotopic (exact) mass is 382 g/mol.